The smallest absolute Gasteiger partial charge is 0.0826 e. The van der Waals surface area contributed by atoms with E-state index in [4.69, 9.17) is 4.74 Å². The molecule has 4 heteroatoms. The molecule has 1 atom stereocenters. The Morgan fingerprint density at radius 1 is 1.47 bits per heavy atom. The summed E-state index contributed by atoms with van der Waals surface area (Å²) in [4.78, 5) is 4.63. The van der Waals surface area contributed by atoms with Gasteiger partial charge in [0.05, 0.1) is 12.7 Å². The number of ether oxygens (including phenoxy) is 1. The van der Waals surface area contributed by atoms with Crippen molar-refractivity contribution in [3.63, 3.8) is 0 Å². The minimum Gasteiger partial charge on any atom is -0.374 e. The number of hydrogen-bond acceptors (Lipinski definition) is 4. The first-order chi connectivity index (χ1) is 7.22. The van der Waals surface area contributed by atoms with Crippen molar-refractivity contribution in [2.75, 3.05) is 60.0 Å². The molecule has 15 heavy (non-hydrogen) atoms. The highest BCUT2D eigenvalue weighted by Gasteiger charge is 2.18. The van der Waals surface area contributed by atoms with Crippen LogP contribution in [0.5, 0.6) is 0 Å². The van der Waals surface area contributed by atoms with E-state index in [0.717, 1.165) is 45.9 Å². The highest BCUT2D eigenvalue weighted by Crippen LogP contribution is 2.03. The lowest BCUT2D eigenvalue weighted by Gasteiger charge is -2.32. The number of morpholine rings is 1. The molecule has 0 bridgehead atoms. The Morgan fingerprint density at radius 2 is 2.27 bits per heavy atom. The Balaban J connectivity index is 2.05. The summed E-state index contributed by atoms with van der Waals surface area (Å²) in [5.74, 6) is 0. The monoisotopic (exact) mass is 215 g/mol. The molecule has 0 spiro atoms. The van der Waals surface area contributed by atoms with Gasteiger partial charge in [-0.1, -0.05) is 6.92 Å². The van der Waals surface area contributed by atoms with Crippen LogP contribution in [0.4, 0.5) is 0 Å². The molecule has 0 saturated carbocycles. The summed E-state index contributed by atoms with van der Waals surface area (Å²) in [6, 6.07) is 0. The van der Waals surface area contributed by atoms with E-state index in [1.54, 1.807) is 0 Å². The minimum atomic E-state index is 0.376. The second kappa shape index (κ2) is 7.17. The predicted molar refractivity (Wildman–Crippen MR) is 63.3 cm³/mol. The molecular formula is C11H25N3O. The zero-order valence-electron chi connectivity index (χ0n) is 10.3. The second-order valence-electron chi connectivity index (χ2n) is 4.39. The van der Waals surface area contributed by atoms with Crippen LogP contribution in [0.3, 0.4) is 0 Å². The molecule has 1 N–H and O–H groups in total. The molecule has 1 aliphatic heterocycles. The van der Waals surface area contributed by atoms with Gasteiger partial charge in [-0.05, 0) is 20.6 Å². The normalized spacial score (nSPS) is 23.6. The van der Waals surface area contributed by atoms with Gasteiger partial charge in [-0.2, -0.15) is 0 Å². The van der Waals surface area contributed by atoms with E-state index in [0.29, 0.717) is 6.10 Å². The molecule has 1 heterocycles. The molecule has 0 radical (unpaired) electrons. The Hall–Kier alpha value is -0.160. The summed E-state index contributed by atoms with van der Waals surface area (Å²) >= 11 is 0. The summed E-state index contributed by atoms with van der Waals surface area (Å²) in [7, 11) is 4.19. The summed E-state index contributed by atoms with van der Waals surface area (Å²) < 4.78 is 5.70. The molecule has 0 aromatic carbocycles. The molecule has 1 rings (SSSR count). The maximum atomic E-state index is 5.70. The first-order valence-electron chi connectivity index (χ1n) is 5.91. The molecule has 90 valence electrons. The van der Waals surface area contributed by atoms with Gasteiger partial charge in [-0.15, -0.1) is 0 Å². The molecule has 0 amide bonds. The number of likely N-dealkylation sites (N-methyl/N-ethyl adjacent to an activating group) is 2. The van der Waals surface area contributed by atoms with E-state index >= 15 is 0 Å². The molecule has 0 aromatic rings. The minimum absolute atomic E-state index is 0.376. The van der Waals surface area contributed by atoms with E-state index in [1.807, 2.05) is 0 Å². The standard InChI is InChI=1S/C11H25N3O/c1-4-14-7-8-15-11(10-14)9-12-5-6-13(2)3/h11-12H,4-10H2,1-3H3. The first-order valence-corrected chi connectivity index (χ1v) is 5.91. The SMILES string of the molecule is CCN1CCOC(CNCCN(C)C)C1. The molecule has 1 fully saturated rings. The fourth-order valence-electron chi connectivity index (χ4n) is 1.76. The van der Waals surface area contributed by atoms with Crippen molar-refractivity contribution < 1.29 is 4.74 Å². The second-order valence-corrected chi connectivity index (χ2v) is 4.39. The molecule has 0 aromatic heterocycles. The first kappa shape index (κ1) is 12.9. The van der Waals surface area contributed by atoms with Crippen LogP contribution in [0.25, 0.3) is 0 Å². The van der Waals surface area contributed by atoms with E-state index in [9.17, 15) is 0 Å². The molecule has 4 nitrogen and oxygen atoms in total. The average molecular weight is 215 g/mol. The summed E-state index contributed by atoms with van der Waals surface area (Å²) in [5.41, 5.74) is 0. The van der Waals surface area contributed by atoms with E-state index in [1.165, 1.54) is 0 Å². The van der Waals surface area contributed by atoms with Crippen molar-refractivity contribution in [1.82, 2.24) is 15.1 Å². The highest BCUT2D eigenvalue weighted by molar-refractivity contribution is 4.72. The Bertz CT molecular complexity index is 164. The fraction of sp³-hybridized carbons (Fsp3) is 1.00. The maximum Gasteiger partial charge on any atom is 0.0826 e. The average Bonchev–Trinajstić information content (AvgIpc) is 2.24. The van der Waals surface area contributed by atoms with Crippen LogP contribution in [0.1, 0.15) is 6.92 Å². The van der Waals surface area contributed by atoms with Crippen molar-refractivity contribution in [2.24, 2.45) is 0 Å². The fourth-order valence-corrected chi connectivity index (χ4v) is 1.76. The lowest BCUT2D eigenvalue weighted by Crippen LogP contribution is -2.47. The topological polar surface area (TPSA) is 27.7 Å². The van der Waals surface area contributed by atoms with Crippen molar-refractivity contribution >= 4 is 0 Å². The molecule has 1 aliphatic rings. The van der Waals surface area contributed by atoms with Crippen molar-refractivity contribution in [3.05, 3.63) is 0 Å². The lowest BCUT2D eigenvalue weighted by atomic mass is 10.2. The largest absolute Gasteiger partial charge is 0.374 e. The molecule has 1 unspecified atom stereocenters. The van der Waals surface area contributed by atoms with Gasteiger partial charge in [0.2, 0.25) is 0 Å². The van der Waals surface area contributed by atoms with Crippen LogP contribution in [-0.2, 0) is 4.74 Å². The molecule has 0 aliphatic carbocycles. The zero-order chi connectivity index (χ0) is 11.1. The lowest BCUT2D eigenvalue weighted by molar-refractivity contribution is -0.0252. The Labute approximate surface area is 93.6 Å². The summed E-state index contributed by atoms with van der Waals surface area (Å²) in [6.45, 7) is 9.50. The van der Waals surface area contributed by atoms with Crippen LogP contribution in [0.15, 0.2) is 0 Å². The van der Waals surface area contributed by atoms with Gasteiger partial charge < -0.3 is 15.0 Å². The van der Waals surface area contributed by atoms with E-state index in [2.05, 4.69) is 36.1 Å². The van der Waals surface area contributed by atoms with Crippen molar-refractivity contribution in [2.45, 2.75) is 13.0 Å². The number of nitrogens with zero attached hydrogens (tertiary/aromatic N) is 2. The van der Waals surface area contributed by atoms with E-state index in [-0.39, 0.29) is 0 Å². The van der Waals surface area contributed by atoms with Crippen LogP contribution < -0.4 is 5.32 Å². The van der Waals surface area contributed by atoms with Crippen LogP contribution in [-0.4, -0.2) is 75.9 Å². The van der Waals surface area contributed by atoms with Gasteiger partial charge in [0, 0.05) is 32.7 Å². The number of rotatable bonds is 6. The quantitative estimate of drug-likeness (QED) is 0.624. The van der Waals surface area contributed by atoms with Gasteiger partial charge in [-0.25, -0.2) is 0 Å². The third-order valence-corrected chi connectivity index (χ3v) is 2.78. The molecular weight excluding hydrogens is 190 g/mol. The van der Waals surface area contributed by atoms with Gasteiger partial charge >= 0.3 is 0 Å². The predicted octanol–water partition coefficient (Wildman–Crippen LogP) is -0.142. The van der Waals surface area contributed by atoms with Gasteiger partial charge in [-0.3, -0.25) is 4.90 Å². The highest BCUT2D eigenvalue weighted by atomic mass is 16.5. The van der Waals surface area contributed by atoms with Crippen LogP contribution in [0.2, 0.25) is 0 Å². The summed E-state index contributed by atoms with van der Waals surface area (Å²) in [6.07, 6.45) is 0.376. The third-order valence-electron chi connectivity index (χ3n) is 2.78. The van der Waals surface area contributed by atoms with E-state index < -0.39 is 0 Å². The summed E-state index contributed by atoms with van der Waals surface area (Å²) in [5, 5.41) is 3.44. The van der Waals surface area contributed by atoms with Crippen molar-refractivity contribution in [3.8, 4) is 0 Å². The Morgan fingerprint density at radius 3 is 2.93 bits per heavy atom. The third kappa shape index (κ3) is 5.47. The number of nitrogens with one attached hydrogen (secondary N) is 1. The molecule has 1 saturated heterocycles. The number of hydrogen-bond donors (Lipinski definition) is 1. The Kier molecular flexibility index (Phi) is 6.17. The van der Waals surface area contributed by atoms with Crippen molar-refractivity contribution in [1.29, 1.82) is 0 Å². The van der Waals surface area contributed by atoms with Gasteiger partial charge in [0.1, 0.15) is 0 Å². The van der Waals surface area contributed by atoms with Gasteiger partial charge in [0.15, 0.2) is 0 Å². The van der Waals surface area contributed by atoms with Gasteiger partial charge in [0.25, 0.3) is 0 Å². The maximum absolute atomic E-state index is 5.70. The zero-order valence-corrected chi connectivity index (χ0v) is 10.3. The van der Waals surface area contributed by atoms with Crippen LogP contribution in [0, 0.1) is 0 Å². The van der Waals surface area contributed by atoms with Crippen LogP contribution >= 0.6 is 0 Å².